The Morgan fingerprint density at radius 3 is 3.00 bits per heavy atom. The Bertz CT molecular complexity index is 731. The Hall–Kier alpha value is -2.05. The van der Waals surface area contributed by atoms with E-state index in [4.69, 9.17) is 9.47 Å². The number of benzene rings is 1. The third-order valence-electron chi connectivity index (χ3n) is 4.57. The van der Waals surface area contributed by atoms with E-state index in [9.17, 15) is 4.79 Å². The molecule has 26 heavy (non-hydrogen) atoms. The van der Waals surface area contributed by atoms with Crippen LogP contribution in [-0.4, -0.2) is 44.2 Å². The lowest BCUT2D eigenvalue weighted by Gasteiger charge is -2.36. The summed E-state index contributed by atoms with van der Waals surface area (Å²) in [5, 5.41) is 5.32. The molecule has 1 aliphatic rings. The lowest BCUT2D eigenvalue weighted by Crippen LogP contribution is -2.45. The van der Waals surface area contributed by atoms with Crippen LogP contribution in [0.5, 0.6) is 11.5 Å². The van der Waals surface area contributed by atoms with Gasteiger partial charge in [0.05, 0.1) is 19.7 Å². The van der Waals surface area contributed by atoms with Crippen molar-refractivity contribution >= 4 is 17.2 Å². The second kappa shape index (κ2) is 9.05. The lowest BCUT2D eigenvalue weighted by atomic mass is 10.0. The number of nitrogens with zero attached hydrogens (tertiary/aromatic N) is 1. The summed E-state index contributed by atoms with van der Waals surface area (Å²) < 4.78 is 11.3. The SMILES string of the molecule is CCCNCC(=O)N1CCc2sccc2C1COc1cccc(OC)c1. The Labute approximate surface area is 158 Å². The first-order valence-corrected chi connectivity index (χ1v) is 9.94. The number of ether oxygens (including phenoxy) is 2. The Morgan fingerprint density at radius 2 is 2.19 bits per heavy atom. The largest absolute Gasteiger partial charge is 0.497 e. The van der Waals surface area contributed by atoms with Crippen LogP contribution in [0.1, 0.15) is 29.8 Å². The number of carbonyl (C=O) groups is 1. The number of fused-ring (bicyclic) bond motifs is 1. The van der Waals surface area contributed by atoms with Gasteiger partial charge < -0.3 is 19.7 Å². The summed E-state index contributed by atoms with van der Waals surface area (Å²) in [5.74, 6) is 1.65. The first-order chi connectivity index (χ1) is 12.7. The van der Waals surface area contributed by atoms with Gasteiger partial charge in [-0.2, -0.15) is 0 Å². The number of methoxy groups -OCH3 is 1. The van der Waals surface area contributed by atoms with Crippen molar-refractivity contribution in [3.63, 3.8) is 0 Å². The van der Waals surface area contributed by atoms with Crippen LogP contribution in [0.2, 0.25) is 0 Å². The van der Waals surface area contributed by atoms with Crippen molar-refractivity contribution in [2.75, 3.05) is 33.4 Å². The quantitative estimate of drug-likeness (QED) is 0.721. The average molecular weight is 375 g/mol. The molecule has 2 heterocycles. The first-order valence-electron chi connectivity index (χ1n) is 9.06. The van der Waals surface area contributed by atoms with E-state index < -0.39 is 0 Å². The molecule has 0 saturated carbocycles. The van der Waals surface area contributed by atoms with E-state index in [0.717, 1.165) is 37.4 Å². The molecule has 1 atom stereocenters. The molecule has 0 saturated heterocycles. The van der Waals surface area contributed by atoms with Crippen LogP contribution in [0.3, 0.4) is 0 Å². The molecular formula is C20H26N2O3S. The number of nitrogens with one attached hydrogen (secondary N) is 1. The van der Waals surface area contributed by atoms with E-state index in [1.54, 1.807) is 18.4 Å². The van der Waals surface area contributed by atoms with E-state index in [-0.39, 0.29) is 11.9 Å². The van der Waals surface area contributed by atoms with Crippen molar-refractivity contribution in [3.05, 3.63) is 46.2 Å². The Kier molecular flexibility index (Phi) is 6.52. The summed E-state index contributed by atoms with van der Waals surface area (Å²) in [4.78, 5) is 16.0. The summed E-state index contributed by atoms with van der Waals surface area (Å²) >= 11 is 1.76. The van der Waals surface area contributed by atoms with E-state index in [1.165, 1.54) is 10.4 Å². The zero-order chi connectivity index (χ0) is 18.4. The van der Waals surface area contributed by atoms with Gasteiger partial charge in [-0.15, -0.1) is 11.3 Å². The highest BCUT2D eigenvalue weighted by atomic mass is 32.1. The molecule has 0 aliphatic carbocycles. The van der Waals surface area contributed by atoms with Gasteiger partial charge >= 0.3 is 0 Å². The van der Waals surface area contributed by atoms with E-state index >= 15 is 0 Å². The number of amides is 1. The van der Waals surface area contributed by atoms with Gasteiger partial charge in [0.25, 0.3) is 0 Å². The van der Waals surface area contributed by atoms with Gasteiger partial charge in [0.2, 0.25) is 5.91 Å². The second-order valence-corrected chi connectivity index (χ2v) is 7.32. The summed E-state index contributed by atoms with van der Waals surface area (Å²) in [6.45, 7) is 4.51. The van der Waals surface area contributed by atoms with E-state index in [0.29, 0.717) is 13.2 Å². The van der Waals surface area contributed by atoms with Crippen molar-refractivity contribution in [2.45, 2.75) is 25.8 Å². The van der Waals surface area contributed by atoms with Crippen molar-refractivity contribution < 1.29 is 14.3 Å². The highest BCUT2D eigenvalue weighted by Crippen LogP contribution is 2.34. The van der Waals surface area contributed by atoms with Gasteiger partial charge in [-0.1, -0.05) is 13.0 Å². The van der Waals surface area contributed by atoms with Crippen LogP contribution >= 0.6 is 11.3 Å². The fraction of sp³-hybridized carbons (Fsp3) is 0.450. The number of thiophene rings is 1. The van der Waals surface area contributed by atoms with Crippen molar-refractivity contribution in [1.29, 1.82) is 0 Å². The highest BCUT2D eigenvalue weighted by Gasteiger charge is 2.31. The van der Waals surface area contributed by atoms with Crippen molar-refractivity contribution in [1.82, 2.24) is 10.2 Å². The Morgan fingerprint density at radius 1 is 1.35 bits per heavy atom. The maximum absolute atomic E-state index is 12.7. The van der Waals surface area contributed by atoms with Gasteiger partial charge in [-0.3, -0.25) is 4.79 Å². The second-order valence-electron chi connectivity index (χ2n) is 6.32. The lowest BCUT2D eigenvalue weighted by molar-refractivity contribution is -0.133. The van der Waals surface area contributed by atoms with Gasteiger partial charge in [-0.05, 0) is 48.5 Å². The topological polar surface area (TPSA) is 50.8 Å². The molecule has 0 bridgehead atoms. The number of rotatable bonds is 8. The summed E-state index contributed by atoms with van der Waals surface area (Å²) in [5.41, 5.74) is 1.22. The molecule has 0 fully saturated rings. The van der Waals surface area contributed by atoms with Gasteiger partial charge in [0, 0.05) is 17.5 Å². The summed E-state index contributed by atoms with van der Waals surface area (Å²) in [6.07, 6.45) is 1.94. The maximum atomic E-state index is 12.7. The molecule has 1 aromatic carbocycles. The number of hydrogen-bond donors (Lipinski definition) is 1. The molecule has 140 valence electrons. The molecule has 0 spiro atoms. The molecule has 1 unspecified atom stereocenters. The standard InChI is InChI=1S/C20H26N2O3S/c1-3-9-21-13-20(23)22-10-7-19-17(8-11-26-19)18(22)14-25-16-6-4-5-15(12-16)24-2/h4-6,8,11-12,18,21H,3,7,9-10,13-14H2,1-2H3. The molecule has 6 heteroatoms. The third-order valence-corrected chi connectivity index (χ3v) is 5.56. The molecule has 2 aromatic rings. The van der Waals surface area contributed by atoms with Crippen LogP contribution in [0.15, 0.2) is 35.7 Å². The van der Waals surface area contributed by atoms with Crippen molar-refractivity contribution in [3.8, 4) is 11.5 Å². The minimum Gasteiger partial charge on any atom is -0.497 e. The minimum atomic E-state index is -0.0490. The van der Waals surface area contributed by atoms with E-state index in [2.05, 4.69) is 23.7 Å². The fourth-order valence-corrected chi connectivity index (χ4v) is 4.14. The van der Waals surface area contributed by atoms with Gasteiger partial charge in [0.1, 0.15) is 18.1 Å². The van der Waals surface area contributed by atoms with E-state index in [1.807, 2.05) is 29.2 Å². The number of carbonyl (C=O) groups excluding carboxylic acids is 1. The summed E-state index contributed by atoms with van der Waals surface area (Å²) in [6, 6.07) is 9.65. The molecule has 3 rings (SSSR count). The minimum absolute atomic E-state index is 0.0490. The van der Waals surface area contributed by atoms with Crippen LogP contribution in [0, 0.1) is 0 Å². The smallest absolute Gasteiger partial charge is 0.237 e. The van der Waals surface area contributed by atoms with Crippen LogP contribution < -0.4 is 14.8 Å². The van der Waals surface area contributed by atoms with Gasteiger partial charge in [0.15, 0.2) is 0 Å². The monoisotopic (exact) mass is 374 g/mol. The molecule has 5 nitrogen and oxygen atoms in total. The molecule has 1 amide bonds. The predicted octanol–water partition coefficient (Wildman–Crippen LogP) is 3.26. The Balaban J connectivity index is 1.72. The fourth-order valence-electron chi connectivity index (χ4n) is 3.21. The zero-order valence-electron chi connectivity index (χ0n) is 15.4. The molecule has 0 radical (unpaired) electrons. The maximum Gasteiger partial charge on any atom is 0.237 e. The van der Waals surface area contributed by atoms with Crippen LogP contribution in [0.4, 0.5) is 0 Å². The van der Waals surface area contributed by atoms with Crippen LogP contribution in [0.25, 0.3) is 0 Å². The van der Waals surface area contributed by atoms with Crippen LogP contribution in [-0.2, 0) is 11.2 Å². The normalized spacial score (nSPS) is 16.2. The third kappa shape index (κ3) is 4.37. The molecule has 1 aromatic heterocycles. The molecule has 1 aliphatic heterocycles. The van der Waals surface area contributed by atoms with Gasteiger partial charge in [-0.25, -0.2) is 0 Å². The predicted molar refractivity (Wildman–Crippen MR) is 104 cm³/mol. The summed E-state index contributed by atoms with van der Waals surface area (Å²) in [7, 11) is 1.64. The average Bonchev–Trinajstić information content (AvgIpc) is 3.15. The highest BCUT2D eigenvalue weighted by molar-refractivity contribution is 7.10. The molecule has 1 N–H and O–H groups in total. The first kappa shape index (κ1) is 18.7. The zero-order valence-corrected chi connectivity index (χ0v) is 16.2. The van der Waals surface area contributed by atoms with Crippen molar-refractivity contribution in [2.24, 2.45) is 0 Å². The molecular weight excluding hydrogens is 348 g/mol. The number of hydrogen-bond acceptors (Lipinski definition) is 5.